The minimum Gasteiger partial charge on any atom is -0.403 e. The van der Waals surface area contributed by atoms with Crippen molar-refractivity contribution >= 4 is 8.32 Å². The molecule has 0 saturated carbocycles. The number of hydrogen-bond donors (Lipinski definition) is 1. The molecule has 0 saturated heterocycles. The summed E-state index contributed by atoms with van der Waals surface area (Å²) >= 11 is 0. The van der Waals surface area contributed by atoms with E-state index in [0.717, 1.165) is 6.42 Å². The summed E-state index contributed by atoms with van der Waals surface area (Å²) in [4.78, 5) is 0. The van der Waals surface area contributed by atoms with Gasteiger partial charge in [0.15, 0.2) is 8.32 Å². The van der Waals surface area contributed by atoms with Gasteiger partial charge in [-0.3, -0.25) is 0 Å². The highest BCUT2D eigenvalue weighted by molar-refractivity contribution is 6.74. The Morgan fingerprint density at radius 2 is 1.87 bits per heavy atom. The first-order valence-corrected chi connectivity index (χ1v) is 8.42. The van der Waals surface area contributed by atoms with Gasteiger partial charge >= 0.3 is 0 Å². The summed E-state index contributed by atoms with van der Waals surface area (Å²) in [7, 11) is -1.72. The van der Waals surface area contributed by atoms with Gasteiger partial charge in [0.1, 0.15) is 12.7 Å². The highest BCUT2D eigenvalue weighted by atomic mass is 28.4. The molecule has 88 valence electrons. The van der Waals surface area contributed by atoms with E-state index in [1.807, 2.05) is 0 Å². The van der Waals surface area contributed by atoms with Crippen LogP contribution in [0.15, 0.2) is 0 Å². The highest BCUT2D eigenvalue weighted by Gasteiger charge is 2.38. The Kier molecular flexibility index (Phi) is 5.58. The minimum absolute atomic E-state index is 0.0296. The first-order chi connectivity index (χ1) is 6.74. The first kappa shape index (κ1) is 14.7. The average molecular weight is 228 g/mol. The van der Waals surface area contributed by atoms with Crippen molar-refractivity contribution in [2.24, 2.45) is 0 Å². The van der Waals surface area contributed by atoms with E-state index >= 15 is 0 Å². The summed E-state index contributed by atoms with van der Waals surface area (Å²) in [5, 5.41) is 8.86. The molecule has 1 atom stereocenters. The summed E-state index contributed by atoms with van der Waals surface area (Å²) in [5.41, 5.74) is 0. The van der Waals surface area contributed by atoms with Gasteiger partial charge in [-0.05, 0) is 24.6 Å². The second kappa shape index (κ2) is 5.69. The second-order valence-corrected chi connectivity index (χ2v) is 10.0. The molecule has 0 aliphatic heterocycles. The maximum atomic E-state index is 8.65. The van der Waals surface area contributed by atoms with Gasteiger partial charge < -0.3 is 9.53 Å². The van der Waals surface area contributed by atoms with Crippen LogP contribution in [0.1, 0.15) is 34.1 Å². The Morgan fingerprint density at radius 3 is 2.20 bits per heavy atom. The third kappa shape index (κ3) is 4.83. The molecule has 0 aromatic carbocycles. The molecule has 0 radical (unpaired) electrons. The molecule has 0 aliphatic rings. The molecule has 0 spiro atoms. The normalized spacial score (nSPS) is 14.3. The smallest absolute Gasteiger partial charge is 0.193 e. The van der Waals surface area contributed by atoms with Gasteiger partial charge in [0.05, 0.1) is 0 Å². The molecule has 0 bridgehead atoms. The van der Waals surface area contributed by atoms with Gasteiger partial charge in [-0.1, -0.05) is 39.5 Å². The van der Waals surface area contributed by atoms with Crippen LogP contribution in [0.5, 0.6) is 0 Å². The van der Waals surface area contributed by atoms with Crippen LogP contribution in [0.25, 0.3) is 0 Å². The molecule has 15 heavy (non-hydrogen) atoms. The Morgan fingerprint density at radius 1 is 1.33 bits per heavy atom. The molecule has 3 heteroatoms. The lowest BCUT2D eigenvalue weighted by Crippen LogP contribution is -2.43. The SMILES string of the molecule is CCC(C#CCO)O[Si](C)(C)C(C)(C)C. The largest absolute Gasteiger partial charge is 0.403 e. The molecule has 1 N–H and O–H groups in total. The minimum atomic E-state index is -1.72. The first-order valence-electron chi connectivity index (χ1n) is 5.51. The van der Waals surface area contributed by atoms with Gasteiger partial charge in [-0.2, -0.15) is 0 Å². The van der Waals surface area contributed by atoms with Crippen LogP contribution in [0.4, 0.5) is 0 Å². The van der Waals surface area contributed by atoms with Crippen molar-refractivity contribution < 1.29 is 9.53 Å². The molecule has 0 aromatic rings. The van der Waals surface area contributed by atoms with Crippen LogP contribution in [-0.2, 0) is 4.43 Å². The predicted molar refractivity (Wildman–Crippen MR) is 67.2 cm³/mol. The summed E-state index contributed by atoms with van der Waals surface area (Å²) in [6, 6.07) is 0. The van der Waals surface area contributed by atoms with Crippen molar-refractivity contribution in [2.45, 2.75) is 58.4 Å². The molecular formula is C12H24O2Si. The topological polar surface area (TPSA) is 29.5 Å². The lowest BCUT2D eigenvalue weighted by molar-refractivity contribution is 0.229. The van der Waals surface area contributed by atoms with Crippen LogP contribution in [0.2, 0.25) is 18.1 Å². The van der Waals surface area contributed by atoms with E-state index in [4.69, 9.17) is 9.53 Å². The van der Waals surface area contributed by atoms with Gasteiger partial charge in [0, 0.05) is 0 Å². The number of aliphatic hydroxyl groups is 1. The second-order valence-electron chi connectivity index (χ2n) is 5.25. The number of rotatable bonds is 3. The van der Waals surface area contributed by atoms with Crippen molar-refractivity contribution in [3.63, 3.8) is 0 Å². The molecule has 0 fully saturated rings. The molecule has 2 nitrogen and oxygen atoms in total. The fourth-order valence-electron chi connectivity index (χ4n) is 0.907. The standard InChI is InChI=1S/C12H24O2Si/c1-7-11(9-8-10-13)14-15(5,6)12(2,3)4/h11,13H,7,10H2,1-6H3. The summed E-state index contributed by atoms with van der Waals surface area (Å²) in [5.74, 6) is 5.64. The van der Waals surface area contributed by atoms with E-state index in [1.165, 1.54) is 0 Å². The van der Waals surface area contributed by atoms with Crippen LogP contribution in [0, 0.1) is 11.8 Å². The zero-order chi connectivity index (χ0) is 12.1. The van der Waals surface area contributed by atoms with Crippen LogP contribution in [-0.4, -0.2) is 26.1 Å². The van der Waals surface area contributed by atoms with Crippen LogP contribution in [0.3, 0.4) is 0 Å². The molecule has 0 amide bonds. The van der Waals surface area contributed by atoms with Crippen molar-refractivity contribution in [3.05, 3.63) is 0 Å². The van der Waals surface area contributed by atoms with Crippen molar-refractivity contribution in [2.75, 3.05) is 6.61 Å². The molecule has 0 aromatic heterocycles. The predicted octanol–water partition coefficient (Wildman–Crippen LogP) is 2.78. The fourth-order valence-corrected chi connectivity index (χ4v) is 2.20. The van der Waals surface area contributed by atoms with E-state index in [9.17, 15) is 0 Å². The number of aliphatic hydroxyl groups excluding tert-OH is 1. The zero-order valence-corrected chi connectivity index (χ0v) is 11.8. The van der Waals surface area contributed by atoms with E-state index in [0.29, 0.717) is 0 Å². The maximum absolute atomic E-state index is 8.65. The third-order valence-corrected chi connectivity index (χ3v) is 7.44. The van der Waals surface area contributed by atoms with Crippen LogP contribution < -0.4 is 0 Å². The van der Waals surface area contributed by atoms with Gasteiger partial charge in [0.25, 0.3) is 0 Å². The molecule has 1 unspecified atom stereocenters. The molecule has 0 heterocycles. The van der Waals surface area contributed by atoms with E-state index in [1.54, 1.807) is 0 Å². The highest BCUT2D eigenvalue weighted by Crippen LogP contribution is 2.37. The van der Waals surface area contributed by atoms with Crippen LogP contribution >= 0.6 is 0 Å². The molecular weight excluding hydrogens is 204 g/mol. The fraction of sp³-hybridized carbons (Fsp3) is 0.833. The quantitative estimate of drug-likeness (QED) is 0.594. The lowest BCUT2D eigenvalue weighted by atomic mass is 10.2. The summed E-state index contributed by atoms with van der Waals surface area (Å²) in [6.07, 6.45) is 0.845. The summed E-state index contributed by atoms with van der Waals surface area (Å²) < 4.78 is 6.11. The third-order valence-electron chi connectivity index (χ3n) is 2.96. The van der Waals surface area contributed by atoms with E-state index < -0.39 is 8.32 Å². The van der Waals surface area contributed by atoms with Crippen molar-refractivity contribution in [3.8, 4) is 11.8 Å². The Balaban J connectivity index is 4.54. The van der Waals surface area contributed by atoms with E-state index in [2.05, 4.69) is 52.6 Å². The Hall–Kier alpha value is -0.303. The van der Waals surface area contributed by atoms with Gasteiger partial charge in [-0.15, -0.1) is 0 Å². The summed E-state index contributed by atoms with van der Waals surface area (Å²) in [6.45, 7) is 13.1. The maximum Gasteiger partial charge on any atom is 0.193 e. The van der Waals surface area contributed by atoms with Crippen molar-refractivity contribution in [1.82, 2.24) is 0 Å². The zero-order valence-electron chi connectivity index (χ0n) is 10.8. The molecule has 0 rings (SSSR count). The van der Waals surface area contributed by atoms with Gasteiger partial charge in [0.2, 0.25) is 0 Å². The average Bonchev–Trinajstić information content (AvgIpc) is 2.10. The monoisotopic (exact) mass is 228 g/mol. The Labute approximate surface area is 95.2 Å². The Bertz CT molecular complexity index is 243. The van der Waals surface area contributed by atoms with E-state index in [-0.39, 0.29) is 17.7 Å². The van der Waals surface area contributed by atoms with Crippen molar-refractivity contribution in [1.29, 1.82) is 0 Å². The molecule has 0 aliphatic carbocycles. The lowest BCUT2D eigenvalue weighted by Gasteiger charge is -2.37. The van der Waals surface area contributed by atoms with Gasteiger partial charge in [-0.25, -0.2) is 0 Å². The number of hydrogen-bond acceptors (Lipinski definition) is 2.